The van der Waals surface area contributed by atoms with E-state index in [9.17, 15) is 9.59 Å². The van der Waals surface area contributed by atoms with Gasteiger partial charge in [0, 0.05) is 19.0 Å². The van der Waals surface area contributed by atoms with E-state index in [1.54, 1.807) is 12.2 Å². The van der Waals surface area contributed by atoms with Gasteiger partial charge in [-0.1, -0.05) is 18.2 Å². The number of amides is 1. The fourth-order valence-corrected chi connectivity index (χ4v) is 0.926. The molecule has 0 aromatic heterocycles. The van der Waals surface area contributed by atoms with Crippen molar-refractivity contribution in [2.24, 2.45) is 0 Å². The topological polar surface area (TPSA) is 66.4 Å². The van der Waals surface area contributed by atoms with E-state index in [1.165, 1.54) is 6.08 Å². The van der Waals surface area contributed by atoms with Crippen LogP contribution >= 0.6 is 0 Å². The highest BCUT2D eigenvalue weighted by molar-refractivity contribution is 5.87. The van der Waals surface area contributed by atoms with Gasteiger partial charge in [-0.3, -0.25) is 9.59 Å². The smallest absolute Gasteiger partial charge is 0.303 e. The first-order valence-electron chi connectivity index (χ1n) is 4.95. The van der Waals surface area contributed by atoms with Crippen LogP contribution in [-0.2, 0) is 9.59 Å². The number of rotatable bonds is 7. The van der Waals surface area contributed by atoms with Crippen LogP contribution in [0.5, 0.6) is 0 Å². The highest BCUT2D eigenvalue weighted by Gasteiger charge is 1.97. The van der Waals surface area contributed by atoms with E-state index < -0.39 is 5.97 Å². The van der Waals surface area contributed by atoms with E-state index in [1.807, 2.05) is 13.0 Å². The number of carbonyl (C=O) groups excluding carboxylic acids is 1. The molecule has 4 nitrogen and oxygen atoms in total. The molecule has 0 aromatic carbocycles. The van der Waals surface area contributed by atoms with Crippen LogP contribution in [0.3, 0.4) is 0 Å². The maximum absolute atomic E-state index is 11.1. The quantitative estimate of drug-likeness (QED) is 0.381. The monoisotopic (exact) mass is 211 g/mol. The third kappa shape index (κ3) is 10.3. The molecule has 1 amide bonds. The SMILES string of the molecule is C/C=C/C=C\C(=O)NCCCCC(=O)O. The van der Waals surface area contributed by atoms with Gasteiger partial charge in [0.1, 0.15) is 0 Å². The minimum Gasteiger partial charge on any atom is -0.481 e. The number of carbonyl (C=O) groups is 2. The summed E-state index contributed by atoms with van der Waals surface area (Å²) >= 11 is 0. The van der Waals surface area contributed by atoms with Gasteiger partial charge in [-0.05, 0) is 19.8 Å². The summed E-state index contributed by atoms with van der Waals surface area (Å²) in [5.41, 5.74) is 0. The van der Waals surface area contributed by atoms with Gasteiger partial charge in [0.2, 0.25) is 5.91 Å². The van der Waals surface area contributed by atoms with Crippen molar-refractivity contribution in [3.8, 4) is 0 Å². The molecule has 0 aromatic rings. The molecule has 0 radical (unpaired) electrons. The molecule has 0 fully saturated rings. The second kappa shape index (κ2) is 8.99. The van der Waals surface area contributed by atoms with Gasteiger partial charge in [0.15, 0.2) is 0 Å². The van der Waals surface area contributed by atoms with Crippen molar-refractivity contribution >= 4 is 11.9 Å². The Morgan fingerprint density at radius 3 is 2.60 bits per heavy atom. The zero-order valence-electron chi connectivity index (χ0n) is 8.90. The maximum atomic E-state index is 11.1. The first-order chi connectivity index (χ1) is 7.16. The Bertz CT molecular complexity index is 257. The molecule has 0 saturated heterocycles. The molecule has 0 atom stereocenters. The Morgan fingerprint density at radius 1 is 1.27 bits per heavy atom. The van der Waals surface area contributed by atoms with Crippen LogP contribution in [-0.4, -0.2) is 23.5 Å². The van der Waals surface area contributed by atoms with Crippen molar-refractivity contribution in [1.29, 1.82) is 0 Å². The van der Waals surface area contributed by atoms with E-state index in [0.29, 0.717) is 19.4 Å². The zero-order chi connectivity index (χ0) is 11.5. The number of unbranched alkanes of at least 4 members (excludes halogenated alkanes) is 1. The van der Waals surface area contributed by atoms with E-state index in [2.05, 4.69) is 5.32 Å². The van der Waals surface area contributed by atoms with E-state index in [0.717, 1.165) is 0 Å². The zero-order valence-corrected chi connectivity index (χ0v) is 8.90. The Kier molecular flexibility index (Phi) is 8.05. The number of hydrogen-bond acceptors (Lipinski definition) is 2. The fraction of sp³-hybridized carbons (Fsp3) is 0.455. The lowest BCUT2D eigenvalue weighted by molar-refractivity contribution is -0.137. The Balaban J connectivity index is 3.43. The first kappa shape index (κ1) is 13.4. The van der Waals surface area contributed by atoms with Crippen molar-refractivity contribution < 1.29 is 14.7 Å². The summed E-state index contributed by atoms with van der Waals surface area (Å²) in [6.07, 6.45) is 8.14. The minimum absolute atomic E-state index is 0.150. The number of aliphatic carboxylic acids is 1. The summed E-state index contributed by atoms with van der Waals surface area (Å²) in [5, 5.41) is 11.0. The molecular formula is C11H17NO3. The van der Waals surface area contributed by atoms with Gasteiger partial charge >= 0.3 is 5.97 Å². The average Bonchev–Trinajstić information content (AvgIpc) is 2.17. The highest BCUT2D eigenvalue weighted by Crippen LogP contribution is 1.93. The molecule has 0 bridgehead atoms. The normalized spacial score (nSPS) is 11.0. The molecule has 2 N–H and O–H groups in total. The molecule has 15 heavy (non-hydrogen) atoms. The van der Waals surface area contributed by atoms with Gasteiger partial charge in [-0.2, -0.15) is 0 Å². The van der Waals surface area contributed by atoms with Gasteiger partial charge in [-0.15, -0.1) is 0 Å². The van der Waals surface area contributed by atoms with Crippen LogP contribution in [0.25, 0.3) is 0 Å². The first-order valence-corrected chi connectivity index (χ1v) is 4.95. The lowest BCUT2D eigenvalue weighted by Gasteiger charge is -2.00. The van der Waals surface area contributed by atoms with Gasteiger partial charge in [-0.25, -0.2) is 0 Å². The summed E-state index contributed by atoms with van der Waals surface area (Å²) in [6.45, 7) is 2.39. The Labute approximate surface area is 89.7 Å². The molecule has 0 heterocycles. The predicted octanol–water partition coefficient (Wildman–Crippen LogP) is 1.49. The summed E-state index contributed by atoms with van der Waals surface area (Å²) in [4.78, 5) is 21.2. The third-order valence-corrected chi connectivity index (χ3v) is 1.67. The molecular weight excluding hydrogens is 194 g/mol. The van der Waals surface area contributed by atoms with Gasteiger partial charge in [0.05, 0.1) is 0 Å². The van der Waals surface area contributed by atoms with Crippen LogP contribution in [0.4, 0.5) is 0 Å². The Morgan fingerprint density at radius 2 is 2.00 bits per heavy atom. The molecule has 0 unspecified atom stereocenters. The second-order valence-electron chi connectivity index (χ2n) is 3.03. The van der Waals surface area contributed by atoms with Crippen molar-refractivity contribution in [2.45, 2.75) is 26.2 Å². The molecule has 0 aliphatic heterocycles. The summed E-state index contributed by atoms with van der Waals surface area (Å²) in [5.74, 6) is -0.947. The second-order valence-corrected chi connectivity index (χ2v) is 3.03. The van der Waals surface area contributed by atoms with Crippen LogP contribution in [0.15, 0.2) is 24.3 Å². The number of allylic oxidation sites excluding steroid dienone is 3. The third-order valence-electron chi connectivity index (χ3n) is 1.67. The lowest BCUT2D eigenvalue weighted by Crippen LogP contribution is -2.22. The number of carboxylic acids is 1. The van der Waals surface area contributed by atoms with Gasteiger partial charge < -0.3 is 10.4 Å². The van der Waals surface area contributed by atoms with Crippen molar-refractivity contribution in [1.82, 2.24) is 5.32 Å². The van der Waals surface area contributed by atoms with Crippen molar-refractivity contribution in [3.63, 3.8) is 0 Å². The molecule has 0 saturated carbocycles. The Hall–Kier alpha value is -1.58. The van der Waals surface area contributed by atoms with Crippen molar-refractivity contribution in [3.05, 3.63) is 24.3 Å². The lowest BCUT2D eigenvalue weighted by atomic mass is 10.2. The predicted molar refractivity (Wildman–Crippen MR) is 58.5 cm³/mol. The summed E-state index contributed by atoms with van der Waals surface area (Å²) in [7, 11) is 0. The molecule has 84 valence electrons. The van der Waals surface area contributed by atoms with Crippen molar-refractivity contribution in [2.75, 3.05) is 6.54 Å². The number of nitrogens with one attached hydrogen (secondary N) is 1. The summed E-state index contributed by atoms with van der Waals surface area (Å²) < 4.78 is 0. The fourth-order valence-electron chi connectivity index (χ4n) is 0.926. The molecule has 4 heteroatoms. The number of carboxylic acid groups (broad SMARTS) is 1. The molecule has 0 spiro atoms. The molecule has 0 aliphatic carbocycles. The maximum Gasteiger partial charge on any atom is 0.303 e. The van der Waals surface area contributed by atoms with Gasteiger partial charge in [0.25, 0.3) is 0 Å². The highest BCUT2D eigenvalue weighted by atomic mass is 16.4. The number of hydrogen-bond donors (Lipinski definition) is 2. The summed E-state index contributed by atoms with van der Waals surface area (Å²) in [6, 6.07) is 0. The van der Waals surface area contributed by atoms with Crippen LogP contribution in [0, 0.1) is 0 Å². The largest absolute Gasteiger partial charge is 0.481 e. The molecule has 0 aliphatic rings. The van der Waals surface area contributed by atoms with Crippen LogP contribution in [0.1, 0.15) is 26.2 Å². The standard InChI is InChI=1S/C11H17NO3/c1-2-3-4-7-10(13)12-9-6-5-8-11(14)15/h2-4,7H,5-6,8-9H2,1H3,(H,12,13)(H,14,15)/b3-2+,7-4-. The van der Waals surface area contributed by atoms with Crippen LogP contribution < -0.4 is 5.32 Å². The average molecular weight is 211 g/mol. The van der Waals surface area contributed by atoms with E-state index >= 15 is 0 Å². The van der Waals surface area contributed by atoms with Crippen LogP contribution in [0.2, 0.25) is 0 Å². The molecule has 0 rings (SSSR count). The minimum atomic E-state index is -0.797. The van der Waals surface area contributed by atoms with E-state index in [-0.39, 0.29) is 12.3 Å². The van der Waals surface area contributed by atoms with E-state index in [4.69, 9.17) is 5.11 Å².